The van der Waals surface area contributed by atoms with E-state index < -0.39 is 0 Å². The van der Waals surface area contributed by atoms with Gasteiger partial charge in [-0.25, -0.2) is 4.39 Å². The molecule has 0 radical (unpaired) electrons. The van der Waals surface area contributed by atoms with Crippen molar-refractivity contribution in [3.63, 3.8) is 0 Å². The van der Waals surface area contributed by atoms with Gasteiger partial charge in [-0.1, -0.05) is 47.7 Å². The van der Waals surface area contributed by atoms with Crippen molar-refractivity contribution >= 4 is 28.2 Å². The number of hydrogen-bond donors (Lipinski definition) is 1. The summed E-state index contributed by atoms with van der Waals surface area (Å²) in [6.45, 7) is 0. The van der Waals surface area contributed by atoms with E-state index in [-0.39, 0.29) is 5.82 Å². The zero-order valence-electron chi connectivity index (χ0n) is 11.0. The molecule has 2 N–H and O–H groups in total. The normalized spacial score (nSPS) is 10.7. The summed E-state index contributed by atoms with van der Waals surface area (Å²) in [5.74, 6) is 0.389. The van der Waals surface area contributed by atoms with Crippen molar-refractivity contribution in [2.75, 3.05) is 5.73 Å². The molecule has 2 aromatic carbocycles. The second-order valence-corrected chi connectivity index (χ2v) is 6.35. The summed E-state index contributed by atoms with van der Waals surface area (Å²) in [6, 6.07) is 14.7. The highest BCUT2D eigenvalue weighted by Crippen LogP contribution is 2.35. The zero-order chi connectivity index (χ0) is 14.7. The molecular weight excluding hydrogens is 305 g/mol. The number of anilines is 1. The van der Waals surface area contributed by atoms with Crippen LogP contribution in [0.15, 0.2) is 53.4 Å². The van der Waals surface area contributed by atoms with Gasteiger partial charge in [0.25, 0.3) is 0 Å². The lowest BCUT2D eigenvalue weighted by Crippen LogP contribution is -1.88. The molecule has 1 aromatic heterocycles. The van der Waals surface area contributed by atoms with E-state index in [0.717, 1.165) is 15.5 Å². The van der Waals surface area contributed by atoms with Crippen LogP contribution in [0, 0.1) is 5.82 Å². The van der Waals surface area contributed by atoms with Gasteiger partial charge in [-0.3, -0.25) is 0 Å². The highest BCUT2D eigenvalue weighted by Gasteiger charge is 2.11. The Morgan fingerprint density at radius 2 is 1.81 bits per heavy atom. The first-order valence-electron chi connectivity index (χ1n) is 6.28. The Hall–Kier alpha value is -1.92. The Morgan fingerprint density at radius 3 is 2.57 bits per heavy atom. The minimum atomic E-state index is -0.178. The molecule has 0 aliphatic heterocycles. The summed E-state index contributed by atoms with van der Waals surface area (Å²) in [6.07, 6.45) is 0. The third-order valence-corrected chi connectivity index (χ3v) is 4.81. The van der Waals surface area contributed by atoms with Gasteiger partial charge in [0, 0.05) is 16.2 Å². The van der Waals surface area contributed by atoms with Crippen LogP contribution in [-0.2, 0) is 5.75 Å². The average molecular weight is 317 g/mol. The largest absolute Gasteiger partial charge is 0.374 e. The van der Waals surface area contributed by atoms with Crippen LogP contribution in [0.4, 0.5) is 9.52 Å². The first-order chi connectivity index (χ1) is 10.2. The Balaban J connectivity index is 1.85. The van der Waals surface area contributed by atoms with Crippen LogP contribution in [0.25, 0.3) is 10.6 Å². The second-order valence-electron chi connectivity index (χ2n) is 4.32. The Labute approximate surface area is 130 Å². The van der Waals surface area contributed by atoms with Crippen molar-refractivity contribution in [1.29, 1.82) is 0 Å². The SMILES string of the molecule is Nc1nnc(-c2ccccc2SCc2ccccc2F)s1. The Morgan fingerprint density at radius 1 is 1.05 bits per heavy atom. The van der Waals surface area contributed by atoms with Crippen molar-refractivity contribution in [3.05, 3.63) is 59.9 Å². The van der Waals surface area contributed by atoms with Crippen LogP contribution in [0.5, 0.6) is 0 Å². The predicted molar refractivity (Wildman–Crippen MR) is 85.7 cm³/mol. The van der Waals surface area contributed by atoms with Crippen LogP contribution >= 0.6 is 23.1 Å². The van der Waals surface area contributed by atoms with E-state index in [1.165, 1.54) is 17.4 Å². The standard InChI is InChI=1S/C15H12FN3S2/c16-12-7-3-1-5-10(12)9-20-13-8-4-2-6-11(13)14-18-19-15(17)21-14/h1-8H,9H2,(H2,17,19). The number of nitrogen functional groups attached to an aromatic ring is 1. The number of nitrogens with zero attached hydrogens (tertiary/aromatic N) is 2. The Bertz CT molecular complexity index is 758. The highest BCUT2D eigenvalue weighted by atomic mass is 32.2. The third-order valence-electron chi connectivity index (χ3n) is 2.90. The fraction of sp³-hybridized carbons (Fsp3) is 0.0667. The maximum absolute atomic E-state index is 13.7. The molecule has 0 aliphatic carbocycles. The number of aromatic nitrogens is 2. The van der Waals surface area contributed by atoms with Crippen molar-refractivity contribution in [1.82, 2.24) is 10.2 Å². The maximum atomic E-state index is 13.7. The van der Waals surface area contributed by atoms with Crippen LogP contribution < -0.4 is 5.73 Å². The fourth-order valence-corrected chi connectivity index (χ4v) is 3.64. The minimum Gasteiger partial charge on any atom is -0.374 e. The van der Waals surface area contributed by atoms with Crippen LogP contribution in [-0.4, -0.2) is 10.2 Å². The van der Waals surface area contributed by atoms with Gasteiger partial charge in [-0.05, 0) is 17.7 Å². The number of benzene rings is 2. The smallest absolute Gasteiger partial charge is 0.203 e. The molecule has 6 heteroatoms. The molecule has 0 saturated heterocycles. The molecule has 21 heavy (non-hydrogen) atoms. The van der Waals surface area contributed by atoms with Gasteiger partial charge < -0.3 is 5.73 Å². The molecule has 3 aromatic rings. The average Bonchev–Trinajstić information content (AvgIpc) is 2.93. The van der Waals surface area contributed by atoms with E-state index in [0.29, 0.717) is 16.4 Å². The molecule has 0 saturated carbocycles. The van der Waals surface area contributed by atoms with E-state index in [1.807, 2.05) is 30.3 Å². The lowest BCUT2D eigenvalue weighted by molar-refractivity contribution is 0.617. The molecule has 3 nitrogen and oxygen atoms in total. The molecule has 0 fully saturated rings. The molecule has 106 valence electrons. The predicted octanol–water partition coefficient (Wildman–Crippen LogP) is 4.22. The highest BCUT2D eigenvalue weighted by molar-refractivity contribution is 7.98. The molecule has 1 heterocycles. The van der Waals surface area contributed by atoms with Gasteiger partial charge in [-0.15, -0.1) is 22.0 Å². The third kappa shape index (κ3) is 3.22. The lowest BCUT2D eigenvalue weighted by Gasteiger charge is -2.07. The number of rotatable bonds is 4. The molecule has 3 rings (SSSR count). The first kappa shape index (κ1) is 14.0. The van der Waals surface area contributed by atoms with Gasteiger partial charge in [0.15, 0.2) is 5.01 Å². The lowest BCUT2D eigenvalue weighted by atomic mass is 10.2. The van der Waals surface area contributed by atoms with Gasteiger partial charge in [0.2, 0.25) is 5.13 Å². The fourth-order valence-electron chi connectivity index (χ4n) is 1.88. The maximum Gasteiger partial charge on any atom is 0.203 e. The zero-order valence-corrected chi connectivity index (χ0v) is 12.6. The van der Waals surface area contributed by atoms with Crippen molar-refractivity contribution in [2.45, 2.75) is 10.6 Å². The van der Waals surface area contributed by atoms with E-state index in [4.69, 9.17) is 5.73 Å². The molecular formula is C15H12FN3S2. The first-order valence-corrected chi connectivity index (χ1v) is 8.09. The summed E-state index contributed by atoms with van der Waals surface area (Å²) in [4.78, 5) is 1.04. The number of thioether (sulfide) groups is 1. The summed E-state index contributed by atoms with van der Waals surface area (Å²) < 4.78 is 13.7. The topological polar surface area (TPSA) is 51.8 Å². The van der Waals surface area contributed by atoms with E-state index >= 15 is 0 Å². The van der Waals surface area contributed by atoms with Gasteiger partial charge in [-0.2, -0.15) is 0 Å². The molecule has 0 bridgehead atoms. The van der Waals surface area contributed by atoms with E-state index in [1.54, 1.807) is 23.9 Å². The van der Waals surface area contributed by atoms with Crippen molar-refractivity contribution in [3.8, 4) is 10.6 Å². The molecule has 0 unspecified atom stereocenters. The van der Waals surface area contributed by atoms with Crippen LogP contribution in [0.1, 0.15) is 5.56 Å². The number of nitrogens with two attached hydrogens (primary N) is 1. The van der Waals surface area contributed by atoms with Gasteiger partial charge in [0.05, 0.1) is 0 Å². The van der Waals surface area contributed by atoms with Crippen LogP contribution in [0.2, 0.25) is 0 Å². The molecule has 0 amide bonds. The minimum absolute atomic E-state index is 0.178. The van der Waals surface area contributed by atoms with Gasteiger partial charge >= 0.3 is 0 Å². The number of hydrogen-bond acceptors (Lipinski definition) is 5. The van der Waals surface area contributed by atoms with E-state index in [2.05, 4.69) is 10.2 Å². The Kier molecular flexibility index (Phi) is 4.17. The summed E-state index contributed by atoms with van der Waals surface area (Å²) in [7, 11) is 0. The monoisotopic (exact) mass is 317 g/mol. The van der Waals surface area contributed by atoms with Gasteiger partial charge in [0.1, 0.15) is 5.82 Å². The molecule has 0 aliphatic rings. The summed E-state index contributed by atoms with van der Waals surface area (Å²) in [5, 5.41) is 9.14. The number of halogens is 1. The van der Waals surface area contributed by atoms with Crippen LogP contribution in [0.3, 0.4) is 0 Å². The van der Waals surface area contributed by atoms with Crippen molar-refractivity contribution in [2.24, 2.45) is 0 Å². The van der Waals surface area contributed by atoms with E-state index in [9.17, 15) is 4.39 Å². The molecule has 0 atom stereocenters. The quantitative estimate of drug-likeness (QED) is 0.732. The summed E-state index contributed by atoms with van der Waals surface area (Å²) >= 11 is 2.92. The molecule has 0 spiro atoms. The summed E-state index contributed by atoms with van der Waals surface area (Å²) in [5.41, 5.74) is 7.31. The second kappa shape index (κ2) is 6.24. The van der Waals surface area contributed by atoms with Crippen molar-refractivity contribution < 1.29 is 4.39 Å².